The lowest BCUT2D eigenvalue weighted by atomic mass is 9.95. The van der Waals surface area contributed by atoms with Crippen molar-refractivity contribution >= 4 is 124 Å². The van der Waals surface area contributed by atoms with Crippen LogP contribution in [0.5, 0.6) is 5.75 Å². The third-order valence-corrected chi connectivity index (χ3v) is 23.6. The summed E-state index contributed by atoms with van der Waals surface area (Å²) in [6, 6.07) is 5.66. The monoisotopic (exact) mass is 1930 g/mol. The van der Waals surface area contributed by atoms with E-state index in [1.807, 2.05) is 51.5 Å². The first kappa shape index (κ1) is 114. The molecule has 5 rings (SSSR count). The number of rotatable bonds is 31. The van der Waals surface area contributed by atoms with Crippen molar-refractivity contribution in [3.05, 3.63) is 125 Å². The van der Waals surface area contributed by atoms with E-state index in [1.54, 1.807) is 111 Å². The zero-order chi connectivity index (χ0) is 102. The number of aliphatic carboxylic acids is 2. The second-order valence-corrected chi connectivity index (χ2v) is 38.1. The molecule has 0 spiro atoms. The molecule has 4 aromatic carbocycles. The summed E-state index contributed by atoms with van der Waals surface area (Å²) in [6.45, 7) is 17.4. The van der Waals surface area contributed by atoms with Gasteiger partial charge in [-0.1, -0.05) is 172 Å². The van der Waals surface area contributed by atoms with E-state index >= 15 is 33.6 Å². The molecule has 42 heteroatoms. The normalized spacial score (nSPS) is 23.3. The van der Waals surface area contributed by atoms with Crippen molar-refractivity contribution in [2.75, 3.05) is 66.0 Å². The van der Waals surface area contributed by atoms with Crippen LogP contribution < -0.4 is 90.6 Å². The summed E-state index contributed by atoms with van der Waals surface area (Å²) < 4.78 is 5.81. The van der Waals surface area contributed by atoms with Crippen LogP contribution >= 0.6 is 11.8 Å². The number of quaternary nitrogens is 1. The Morgan fingerprint density at radius 1 is 0.482 bits per heavy atom. The SMILES string of the molecule is CCC(C)[C@@H]1NC(=O)[C@H](Cc2ccc(-c3ccccc3)cc2)NC(=O)[C@H](C(C)C)NC(=O)[C@H](Cc2cccc(C)c2)NC(=O)[C@H](CC(=O)O)NC(=O)[C@H](Cc2ccc(OCC(=O)O)cc2)NC(=O)[C@H](CCCC[N+](C)(C)C)NC(=O)CSCC(C(=O)NCC(N)=O)NC(=O)[C@H](CO)NC(=O)[C@H](C(C)C)NC(=O)[C@H](CC(C)C)NC(=O)[C@H](CC(N)=O)NC(=O)[C@@H](CC(C)C)NC(=O)[C@H](C)N(C)C1=O. The molecule has 1 fully saturated rings. The summed E-state index contributed by atoms with van der Waals surface area (Å²) in [5.74, 6) is -24.5. The Morgan fingerprint density at radius 3 is 1.40 bits per heavy atom. The van der Waals surface area contributed by atoms with Crippen LogP contribution in [0.4, 0.5) is 0 Å². The Labute approximate surface area is 802 Å². The van der Waals surface area contributed by atoms with E-state index in [0.717, 1.165) is 16.0 Å². The van der Waals surface area contributed by atoms with Crippen molar-refractivity contribution in [2.45, 2.75) is 238 Å². The van der Waals surface area contributed by atoms with Gasteiger partial charge in [0, 0.05) is 32.1 Å². The number of aliphatic hydroxyl groups is 1. The topological polar surface area (TPSA) is 618 Å². The Kier molecular flexibility index (Phi) is 46.6. The number of ether oxygens (including phenoxy) is 1. The molecule has 0 saturated carbocycles. The van der Waals surface area contributed by atoms with E-state index in [0.29, 0.717) is 45.9 Å². The highest BCUT2D eigenvalue weighted by molar-refractivity contribution is 8.00. The van der Waals surface area contributed by atoms with Gasteiger partial charge in [0.15, 0.2) is 6.61 Å². The van der Waals surface area contributed by atoms with Gasteiger partial charge in [-0.2, -0.15) is 0 Å². The number of unbranched alkanes of at least 4 members (excludes halogenated alkanes) is 1. The largest absolute Gasteiger partial charge is 0.482 e. The van der Waals surface area contributed by atoms with Crippen molar-refractivity contribution in [3.8, 4) is 16.9 Å². The van der Waals surface area contributed by atoms with Crippen LogP contribution in [0.1, 0.15) is 150 Å². The number of benzene rings is 4. The van der Waals surface area contributed by atoms with Gasteiger partial charge in [-0.15, -0.1) is 11.8 Å². The summed E-state index contributed by atoms with van der Waals surface area (Å²) in [6.07, 6.45) is -2.40. The molecular weight excluding hydrogens is 1790 g/mol. The molecule has 15 atom stereocenters. The predicted molar refractivity (Wildman–Crippen MR) is 509 cm³/mol. The number of carboxylic acid groups (broad SMARTS) is 2. The maximum Gasteiger partial charge on any atom is 0.341 e. The van der Waals surface area contributed by atoms with Gasteiger partial charge in [0.1, 0.15) is 90.3 Å². The molecule has 41 nitrogen and oxygen atoms in total. The molecule has 2 unspecified atom stereocenters. The highest BCUT2D eigenvalue weighted by atomic mass is 32.2. The Hall–Kier alpha value is -13.1. The average Bonchev–Trinajstić information content (AvgIpc) is 0.826. The Balaban J connectivity index is 1.71. The zero-order valence-electron chi connectivity index (χ0n) is 80.8. The fraction of sp³-hybridized carbons (Fsp3) is 0.547. The number of primary amides is 2. The van der Waals surface area contributed by atoms with Crippen LogP contribution in [0.3, 0.4) is 0 Å². The van der Waals surface area contributed by atoms with Gasteiger partial charge in [-0.3, -0.25) is 86.3 Å². The zero-order valence-corrected chi connectivity index (χ0v) is 81.6. The number of aliphatic hydroxyl groups excluding tert-OH is 1. The van der Waals surface area contributed by atoms with Gasteiger partial charge < -0.3 is 115 Å². The number of nitrogens with one attached hydrogen (secondary N) is 14. The number of thioether (sulfide) groups is 1. The van der Waals surface area contributed by atoms with E-state index in [4.69, 9.17) is 16.2 Å². The molecule has 0 aliphatic carbocycles. The smallest absolute Gasteiger partial charge is 0.341 e. The standard InChI is InChI=1S/C95H138N18O23S/c1-17-56(11)81-95(135)112(13)57(12)82(122)100-65(38-51(2)3)85(125)104-70(44-74(96)115)87(127)101-66(39-52(4)5)89(129)109-80(54(8)9)94(134)107-72(47-114)92(132)108-73(83(123)98-46-75(97)116)49-137-50-76(117)99-64(28-21-22-37-113(14,15)16)84(124)102-67(42-59-31-35-63(36-32-59)136-48-78(120)121)86(126)105-71(45-77(118)119)88(128)103-69(43-60-25-23-24-55(10)40-60)90(130)110-79(53(6)7)93(133)106-68(91(131)111-81)41-58-29-33-62(34-30-58)61-26-19-18-20-27-61/h18-20,23-27,29-36,40,51-54,56-57,64-73,79-81,114H,17,21-22,28,37-39,41-50H2,1-16H3,(H19-,96,97,98,99,100,101,102,103,104,105,106,107,108,109,110,111,115,116,117,118,119,120,121,122,123,124,125,126,127,128,129,130,131,132,133,134)/p+1/t56?,57-,64-,65+,66-,67-,68-,69-,70-,71-,72-,73?,79-,80-,81-/m0/s1. The first-order valence-electron chi connectivity index (χ1n) is 45.8. The molecule has 21 N–H and O–H groups in total. The number of amides is 17. The van der Waals surface area contributed by atoms with E-state index in [9.17, 15) is 72.9 Å². The molecule has 137 heavy (non-hydrogen) atoms. The van der Waals surface area contributed by atoms with Gasteiger partial charge in [0.25, 0.3) is 0 Å². The molecule has 1 heterocycles. The molecule has 1 saturated heterocycles. The van der Waals surface area contributed by atoms with Crippen LogP contribution in [0.2, 0.25) is 0 Å². The van der Waals surface area contributed by atoms with Gasteiger partial charge in [0.05, 0.1) is 59.4 Å². The minimum atomic E-state index is -2.07. The summed E-state index contributed by atoms with van der Waals surface area (Å²) in [5.41, 5.74) is 14.6. The quantitative estimate of drug-likeness (QED) is 0.0219. The second-order valence-electron chi connectivity index (χ2n) is 37.0. The highest BCUT2D eigenvalue weighted by Crippen LogP contribution is 2.24. The van der Waals surface area contributed by atoms with Crippen LogP contribution in [0.25, 0.3) is 11.1 Å². The number of likely N-dealkylation sites (N-methyl/N-ethyl adjacent to an activating group) is 1. The third kappa shape index (κ3) is 39.6. The lowest BCUT2D eigenvalue weighted by molar-refractivity contribution is -0.870. The van der Waals surface area contributed by atoms with Gasteiger partial charge >= 0.3 is 11.9 Å². The second kappa shape index (κ2) is 55.8. The molecule has 0 radical (unpaired) electrons. The summed E-state index contributed by atoms with van der Waals surface area (Å²) in [7, 11) is 7.04. The molecule has 0 bridgehead atoms. The van der Waals surface area contributed by atoms with Gasteiger partial charge in [-0.25, -0.2) is 4.79 Å². The lowest BCUT2D eigenvalue weighted by Gasteiger charge is -2.33. The van der Waals surface area contributed by atoms with Gasteiger partial charge in [0.2, 0.25) is 100 Å². The molecule has 17 amide bonds. The lowest BCUT2D eigenvalue weighted by Crippen LogP contribution is -2.62. The van der Waals surface area contributed by atoms with E-state index in [-0.39, 0.29) is 68.1 Å². The number of nitrogens with two attached hydrogens (primary N) is 2. The number of carbonyl (C=O) groups is 19. The van der Waals surface area contributed by atoms with Crippen molar-refractivity contribution in [3.63, 3.8) is 0 Å². The number of hydrogen-bond donors (Lipinski definition) is 19. The maximum absolute atomic E-state index is 15.4. The molecule has 1 aliphatic heterocycles. The van der Waals surface area contributed by atoms with Crippen molar-refractivity contribution in [1.82, 2.24) is 79.3 Å². The van der Waals surface area contributed by atoms with Crippen LogP contribution in [0, 0.1) is 36.5 Å². The summed E-state index contributed by atoms with van der Waals surface area (Å²) >= 11 is 0.709. The fourth-order valence-electron chi connectivity index (χ4n) is 14.6. The Bertz CT molecular complexity index is 4840. The molecular formula is C95H139N18O23S+. The summed E-state index contributed by atoms with van der Waals surface area (Å²) in [5, 5.41) is 66.6. The predicted octanol–water partition coefficient (Wildman–Crippen LogP) is -0.680. The van der Waals surface area contributed by atoms with Crippen molar-refractivity contribution in [1.29, 1.82) is 0 Å². The van der Waals surface area contributed by atoms with Crippen molar-refractivity contribution in [2.24, 2.45) is 41.1 Å². The Morgan fingerprint density at radius 2 is 0.920 bits per heavy atom. The summed E-state index contributed by atoms with van der Waals surface area (Å²) in [4.78, 5) is 272. The number of carboxylic acids is 2. The van der Waals surface area contributed by atoms with Crippen LogP contribution in [-0.4, -0.2) is 288 Å². The highest BCUT2D eigenvalue weighted by Gasteiger charge is 2.42. The van der Waals surface area contributed by atoms with Gasteiger partial charge in [-0.05, 0) is 115 Å². The molecule has 752 valence electrons. The number of aryl methyl sites for hydroxylation is 1. The molecule has 4 aromatic rings. The van der Waals surface area contributed by atoms with E-state index in [2.05, 4.69) is 74.4 Å². The minimum absolute atomic E-state index is 0.0746. The fourth-order valence-corrected chi connectivity index (χ4v) is 15.5. The third-order valence-electron chi connectivity index (χ3n) is 22.6. The van der Waals surface area contributed by atoms with E-state index in [1.165, 1.54) is 52.1 Å². The average molecular weight is 1930 g/mol. The number of nitrogens with zero attached hydrogens (tertiary/aromatic N) is 2. The minimum Gasteiger partial charge on any atom is -0.482 e. The van der Waals surface area contributed by atoms with Crippen molar-refractivity contribution < 1.29 is 116 Å². The first-order valence-corrected chi connectivity index (χ1v) is 46.9. The molecule has 0 aromatic heterocycles. The molecule has 1 aliphatic rings. The maximum atomic E-state index is 15.4. The van der Waals surface area contributed by atoms with Crippen LogP contribution in [0.15, 0.2) is 103 Å². The number of carbonyl (C=O) groups excluding carboxylic acids is 17. The van der Waals surface area contributed by atoms with Crippen LogP contribution in [-0.2, 0) is 110 Å². The number of hydrogen-bond acceptors (Lipinski definition) is 22. The van der Waals surface area contributed by atoms with E-state index < -0.39 is 265 Å². The first-order chi connectivity index (χ1) is 64.4.